The zero-order valence-electron chi connectivity index (χ0n) is 6.76. The maximum Gasteiger partial charge on any atom is 0.0917 e. The minimum atomic E-state index is 0.113. The molecule has 0 N–H and O–H groups in total. The molecule has 0 aliphatic rings. The molecule has 1 nitrogen and oxygen atoms in total. The summed E-state index contributed by atoms with van der Waals surface area (Å²) in [5, 5.41) is 1.55. The highest BCUT2D eigenvalue weighted by molar-refractivity contribution is 9.09. The van der Waals surface area contributed by atoms with Gasteiger partial charge in [-0.1, -0.05) is 39.7 Å². The zero-order valence-corrected chi connectivity index (χ0v) is 9.10. The van der Waals surface area contributed by atoms with Gasteiger partial charge in [0.15, 0.2) is 0 Å². The molecular formula is C9H10BrClO. The van der Waals surface area contributed by atoms with E-state index in [-0.39, 0.29) is 6.10 Å². The summed E-state index contributed by atoms with van der Waals surface area (Å²) in [6, 6.07) is 7.67. The van der Waals surface area contributed by atoms with Gasteiger partial charge in [-0.25, -0.2) is 0 Å². The second kappa shape index (κ2) is 4.85. The van der Waals surface area contributed by atoms with Gasteiger partial charge in [-0.3, -0.25) is 0 Å². The van der Waals surface area contributed by atoms with Gasteiger partial charge in [0, 0.05) is 17.5 Å². The lowest BCUT2D eigenvalue weighted by atomic mass is 10.1. The van der Waals surface area contributed by atoms with E-state index in [2.05, 4.69) is 15.9 Å². The Morgan fingerprint density at radius 3 is 2.42 bits per heavy atom. The van der Waals surface area contributed by atoms with Crippen LogP contribution in [0.5, 0.6) is 0 Å². The van der Waals surface area contributed by atoms with Crippen LogP contribution >= 0.6 is 27.5 Å². The number of alkyl halides is 1. The molecule has 0 amide bonds. The largest absolute Gasteiger partial charge is 0.376 e. The van der Waals surface area contributed by atoms with E-state index in [1.165, 1.54) is 0 Å². The fourth-order valence-electron chi connectivity index (χ4n) is 0.966. The maximum absolute atomic E-state index is 5.75. The molecule has 0 aromatic heterocycles. The number of ether oxygens (including phenoxy) is 1. The van der Waals surface area contributed by atoms with Crippen LogP contribution in [0, 0.1) is 0 Å². The van der Waals surface area contributed by atoms with E-state index in [1.54, 1.807) is 7.11 Å². The predicted octanol–water partition coefficient (Wildman–Crippen LogP) is 3.42. The maximum atomic E-state index is 5.75. The van der Waals surface area contributed by atoms with Gasteiger partial charge < -0.3 is 4.74 Å². The van der Waals surface area contributed by atoms with Crippen LogP contribution in [0.4, 0.5) is 0 Å². The highest BCUT2D eigenvalue weighted by atomic mass is 79.9. The van der Waals surface area contributed by atoms with Gasteiger partial charge in [0.2, 0.25) is 0 Å². The SMILES string of the molecule is CO[C@@H](CBr)c1ccc(Cl)cc1. The average molecular weight is 250 g/mol. The summed E-state index contributed by atoms with van der Waals surface area (Å²) in [5.41, 5.74) is 1.14. The van der Waals surface area contributed by atoms with Gasteiger partial charge in [0.1, 0.15) is 0 Å². The van der Waals surface area contributed by atoms with E-state index in [9.17, 15) is 0 Å². The molecule has 0 radical (unpaired) electrons. The van der Waals surface area contributed by atoms with Crippen LogP contribution < -0.4 is 0 Å². The van der Waals surface area contributed by atoms with Gasteiger partial charge in [-0.15, -0.1) is 0 Å². The molecule has 1 aromatic carbocycles. The molecule has 0 saturated heterocycles. The Morgan fingerprint density at radius 1 is 1.42 bits per heavy atom. The van der Waals surface area contributed by atoms with Crippen LogP contribution in [0.15, 0.2) is 24.3 Å². The molecule has 0 heterocycles. The van der Waals surface area contributed by atoms with E-state index in [4.69, 9.17) is 16.3 Å². The normalized spacial score (nSPS) is 12.9. The van der Waals surface area contributed by atoms with Crippen molar-refractivity contribution in [1.29, 1.82) is 0 Å². The Balaban J connectivity index is 2.80. The highest BCUT2D eigenvalue weighted by Gasteiger charge is 2.07. The summed E-state index contributed by atoms with van der Waals surface area (Å²) < 4.78 is 5.24. The first-order valence-corrected chi connectivity index (χ1v) is 5.12. The fourth-order valence-corrected chi connectivity index (χ4v) is 1.73. The lowest BCUT2D eigenvalue weighted by molar-refractivity contribution is 0.124. The van der Waals surface area contributed by atoms with Gasteiger partial charge in [0.05, 0.1) is 6.10 Å². The Kier molecular flexibility index (Phi) is 4.06. The van der Waals surface area contributed by atoms with Crippen LogP contribution in [-0.2, 0) is 4.74 Å². The molecule has 1 atom stereocenters. The van der Waals surface area contributed by atoms with Crippen molar-refractivity contribution in [3.05, 3.63) is 34.9 Å². The summed E-state index contributed by atoms with van der Waals surface area (Å²) in [6.45, 7) is 0. The number of hydrogen-bond acceptors (Lipinski definition) is 1. The van der Waals surface area contributed by atoms with Crippen LogP contribution in [-0.4, -0.2) is 12.4 Å². The minimum Gasteiger partial charge on any atom is -0.376 e. The standard InChI is InChI=1S/C9H10BrClO/c1-12-9(6-10)7-2-4-8(11)5-3-7/h2-5,9H,6H2,1H3/t9-/m0/s1. The van der Waals surface area contributed by atoms with E-state index in [0.717, 1.165) is 15.9 Å². The van der Waals surface area contributed by atoms with Crippen LogP contribution in [0.2, 0.25) is 5.02 Å². The molecule has 0 bridgehead atoms. The first kappa shape index (κ1) is 10.0. The predicted molar refractivity (Wildman–Crippen MR) is 55.0 cm³/mol. The number of benzene rings is 1. The molecule has 3 heteroatoms. The summed E-state index contributed by atoms with van der Waals surface area (Å²) >= 11 is 9.12. The topological polar surface area (TPSA) is 9.23 Å². The zero-order chi connectivity index (χ0) is 8.97. The lowest BCUT2D eigenvalue weighted by Gasteiger charge is -2.11. The molecule has 1 rings (SSSR count). The third kappa shape index (κ3) is 2.47. The molecule has 1 aromatic rings. The van der Waals surface area contributed by atoms with Crippen molar-refractivity contribution in [3.63, 3.8) is 0 Å². The van der Waals surface area contributed by atoms with Gasteiger partial charge in [0.25, 0.3) is 0 Å². The molecule has 0 aliphatic heterocycles. The first-order valence-electron chi connectivity index (χ1n) is 3.62. The molecular weight excluding hydrogens is 239 g/mol. The molecule has 12 heavy (non-hydrogen) atoms. The van der Waals surface area contributed by atoms with Crippen molar-refractivity contribution in [2.75, 3.05) is 12.4 Å². The highest BCUT2D eigenvalue weighted by Crippen LogP contribution is 2.20. The van der Waals surface area contributed by atoms with Crippen LogP contribution in [0.25, 0.3) is 0 Å². The second-order valence-corrected chi connectivity index (χ2v) is 3.51. The van der Waals surface area contributed by atoms with Crippen molar-refractivity contribution in [2.45, 2.75) is 6.10 Å². The Hall–Kier alpha value is -0.0500. The summed E-state index contributed by atoms with van der Waals surface area (Å²) in [5.74, 6) is 0. The monoisotopic (exact) mass is 248 g/mol. The molecule has 0 unspecified atom stereocenters. The van der Waals surface area contributed by atoms with Gasteiger partial charge in [-0.05, 0) is 17.7 Å². The minimum absolute atomic E-state index is 0.113. The molecule has 0 saturated carbocycles. The van der Waals surface area contributed by atoms with Crippen molar-refractivity contribution < 1.29 is 4.74 Å². The number of halogens is 2. The first-order chi connectivity index (χ1) is 5.77. The van der Waals surface area contributed by atoms with Crippen molar-refractivity contribution >= 4 is 27.5 Å². The summed E-state index contributed by atoms with van der Waals surface area (Å²) in [4.78, 5) is 0. The van der Waals surface area contributed by atoms with Gasteiger partial charge >= 0.3 is 0 Å². The number of rotatable bonds is 3. The Labute approximate surface area is 85.8 Å². The average Bonchev–Trinajstić information content (AvgIpc) is 2.10. The van der Waals surface area contributed by atoms with Crippen molar-refractivity contribution in [3.8, 4) is 0 Å². The van der Waals surface area contributed by atoms with Crippen LogP contribution in [0.1, 0.15) is 11.7 Å². The van der Waals surface area contributed by atoms with E-state index < -0.39 is 0 Å². The summed E-state index contributed by atoms with van der Waals surface area (Å²) in [6.07, 6.45) is 0.113. The third-order valence-electron chi connectivity index (χ3n) is 1.67. The number of hydrogen-bond donors (Lipinski definition) is 0. The molecule has 66 valence electrons. The fraction of sp³-hybridized carbons (Fsp3) is 0.333. The molecule has 0 fully saturated rings. The van der Waals surface area contributed by atoms with Gasteiger partial charge in [-0.2, -0.15) is 0 Å². The summed E-state index contributed by atoms with van der Waals surface area (Å²) in [7, 11) is 1.69. The van der Waals surface area contributed by atoms with E-state index in [0.29, 0.717) is 0 Å². The smallest absolute Gasteiger partial charge is 0.0917 e. The third-order valence-corrected chi connectivity index (χ3v) is 2.51. The number of methoxy groups -OCH3 is 1. The Bertz CT molecular complexity index is 231. The van der Waals surface area contributed by atoms with E-state index >= 15 is 0 Å². The second-order valence-electron chi connectivity index (χ2n) is 2.43. The lowest BCUT2D eigenvalue weighted by Crippen LogP contribution is -2.01. The Morgan fingerprint density at radius 2 is 2.00 bits per heavy atom. The molecule has 0 spiro atoms. The quantitative estimate of drug-likeness (QED) is 0.746. The molecule has 0 aliphatic carbocycles. The van der Waals surface area contributed by atoms with Crippen molar-refractivity contribution in [1.82, 2.24) is 0 Å². The van der Waals surface area contributed by atoms with E-state index in [1.807, 2.05) is 24.3 Å². The van der Waals surface area contributed by atoms with Crippen molar-refractivity contribution in [2.24, 2.45) is 0 Å². The van der Waals surface area contributed by atoms with Crippen LogP contribution in [0.3, 0.4) is 0 Å².